The van der Waals surface area contributed by atoms with Gasteiger partial charge in [0.25, 0.3) is 5.91 Å². The third kappa shape index (κ3) is 6.17. The van der Waals surface area contributed by atoms with Crippen molar-refractivity contribution < 1.29 is 27.5 Å². The van der Waals surface area contributed by atoms with Gasteiger partial charge in [0.1, 0.15) is 0 Å². The van der Waals surface area contributed by atoms with Crippen molar-refractivity contribution in [3.05, 3.63) is 41.6 Å². The minimum atomic E-state index is -4.39. The first-order chi connectivity index (χ1) is 18.2. The van der Waals surface area contributed by atoms with Crippen molar-refractivity contribution in [1.82, 2.24) is 25.2 Å². The molecule has 0 radical (unpaired) electrons. The molecule has 0 aliphatic heterocycles. The van der Waals surface area contributed by atoms with Crippen molar-refractivity contribution in [1.29, 1.82) is 0 Å². The molecule has 0 saturated heterocycles. The second-order valence-electron chi connectivity index (χ2n) is 9.86. The van der Waals surface area contributed by atoms with Crippen molar-refractivity contribution in [2.45, 2.75) is 70.1 Å². The topological polar surface area (TPSA) is 110 Å². The van der Waals surface area contributed by atoms with Gasteiger partial charge in [0, 0.05) is 35.8 Å². The predicted molar refractivity (Wildman–Crippen MR) is 134 cm³/mol. The van der Waals surface area contributed by atoms with E-state index in [1.807, 2.05) is 13.0 Å². The maximum Gasteiger partial charge on any atom is 0.412 e. The Labute approximate surface area is 217 Å². The molecule has 2 aliphatic rings. The molecule has 3 N–H and O–H groups in total. The summed E-state index contributed by atoms with van der Waals surface area (Å²) in [5.74, 6) is 0.412. The highest BCUT2D eigenvalue weighted by Gasteiger charge is 2.27. The molecule has 2 aliphatic carbocycles. The number of ether oxygens (including phenoxy) is 1. The molecule has 0 atom stereocenters. The Kier molecular flexibility index (Phi) is 7.13. The summed E-state index contributed by atoms with van der Waals surface area (Å²) in [5.41, 5.74) is 2.97. The molecule has 202 valence electrons. The van der Waals surface area contributed by atoms with E-state index in [4.69, 9.17) is 4.74 Å². The summed E-state index contributed by atoms with van der Waals surface area (Å²) in [5, 5.41) is 13.2. The van der Waals surface area contributed by atoms with Crippen molar-refractivity contribution in [3.8, 4) is 17.0 Å². The minimum Gasteiger partial charge on any atom is -0.406 e. The maximum absolute atomic E-state index is 12.5. The third-order valence-electron chi connectivity index (χ3n) is 6.70. The van der Waals surface area contributed by atoms with Gasteiger partial charge in [0.15, 0.2) is 17.2 Å². The van der Waals surface area contributed by atoms with E-state index < -0.39 is 25.2 Å². The summed E-state index contributed by atoms with van der Waals surface area (Å²) in [4.78, 5) is 29.2. The number of rotatable bonds is 8. The lowest BCUT2D eigenvalue weighted by Gasteiger charge is -2.15. The Bertz CT molecular complexity index is 1350. The minimum absolute atomic E-state index is 0.0633. The first-order valence-corrected chi connectivity index (χ1v) is 12.8. The van der Waals surface area contributed by atoms with E-state index in [1.165, 1.54) is 10.6 Å². The monoisotopic (exact) mass is 530 g/mol. The van der Waals surface area contributed by atoms with Crippen LogP contribution in [0.5, 0.6) is 5.75 Å². The molecule has 9 nitrogen and oxygen atoms in total. The van der Waals surface area contributed by atoms with Crippen LogP contribution in [0.1, 0.15) is 60.9 Å². The van der Waals surface area contributed by atoms with Gasteiger partial charge in [-0.25, -0.2) is 14.3 Å². The number of nitrogens with zero attached hydrogens (tertiary/aromatic N) is 3. The number of alkyl halides is 3. The molecular weight excluding hydrogens is 501 g/mol. The number of imidazole rings is 1. The van der Waals surface area contributed by atoms with Crippen molar-refractivity contribution in [2.75, 3.05) is 11.9 Å². The van der Waals surface area contributed by atoms with Gasteiger partial charge in [-0.15, -0.1) is 5.10 Å². The Hall–Kier alpha value is -3.83. The van der Waals surface area contributed by atoms with Crippen molar-refractivity contribution in [2.24, 2.45) is 0 Å². The Balaban J connectivity index is 1.44. The zero-order chi connectivity index (χ0) is 26.9. The normalized spacial score (nSPS) is 16.0. The predicted octanol–water partition coefficient (Wildman–Crippen LogP) is 4.99. The van der Waals surface area contributed by atoms with E-state index in [0.29, 0.717) is 17.1 Å². The van der Waals surface area contributed by atoms with Gasteiger partial charge in [-0.2, -0.15) is 13.2 Å². The highest BCUT2D eigenvalue weighted by molar-refractivity contribution is 5.96. The highest BCUT2D eigenvalue weighted by Crippen LogP contribution is 2.30. The molecule has 0 spiro atoms. The second kappa shape index (κ2) is 10.5. The van der Waals surface area contributed by atoms with E-state index >= 15 is 0 Å². The number of hydrogen-bond donors (Lipinski definition) is 3. The summed E-state index contributed by atoms with van der Waals surface area (Å²) >= 11 is 0. The van der Waals surface area contributed by atoms with Gasteiger partial charge in [-0.3, -0.25) is 4.79 Å². The van der Waals surface area contributed by atoms with Crippen molar-refractivity contribution >= 4 is 23.5 Å². The molecule has 0 unspecified atom stereocenters. The number of fused-ring (bicyclic) bond motifs is 1. The van der Waals surface area contributed by atoms with E-state index in [1.54, 1.807) is 18.3 Å². The fourth-order valence-corrected chi connectivity index (χ4v) is 4.57. The molecule has 3 aromatic rings. The quantitative estimate of drug-likeness (QED) is 0.379. The van der Waals surface area contributed by atoms with E-state index in [9.17, 15) is 22.8 Å². The fraction of sp³-hybridized carbons (Fsp3) is 0.462. The van der Waals surface area contributed by atoms with Gasteiger partial charge in [-0.1, -0.05) is 18.9 Å². The number of benzene rings is 1. The molecule has 38 heavy (non-hydrogen) atoms. The van der Waals surface area contributed by atoms with Gasteiger partial charge in [0.2, 0.25) is 0 Å². The second-order valence-corrected chi connectivity index (χ2v) is 9.86. The van der Waals surface area contributed by atoms with E-state index in [-0.39, 0.29) is 29.4 Å². The zero-order valence-electron chi connectivity index (χ0n) is 20.9. The molecular formula is C26H29F3N6O3. The van der Waals surface area contributed by atoms with Crippen LogP contribution in [0.25, 0.3) is 16.9 Å². The summed E-state index contributed by atoms with van der Waals surface area (Å²) in [6.07, 6.45) is 1.17. The van der Waals surface area contributed by atoms with Gasteiger partial charge in [-0.05, 0) is 50.3 Å². The molecule has 12 heteroatoms. The van der Waals surface area contributed by atoms with Crippen LogP contribution >= 0.6 is 0 Å². The number of anilines is 1. The van der Waals surface area contributed by atoms with Crippen LogP contribution in [0.4, 0.5) is 23.8 Å². The zero-order valence-corrected chi connectivity index (χ0v) is 20.9. The van der Waals surface area contributed by atoms with Crippen molar-refractivity contribution in [3.63, 3.8) is 0 Å². The Morgan fingerprint density at radius 3 is 2.55 bits per heavy atom. The Morgan fingerprint density at radius 2 is 1.87 bits per heavy atom. The van der Waals surface area contributed by atoms with Crippen LogP contribution in [0.2, 0.25) is 0 Å². The maximum atomic E-state index is 12.5. The number of hydrogen-bond acceptors (Lipinski definition) is 6. The van der Waals surface area contributed by atoms with Crippen LogP contribution in [0, 0.1) is 6.92 Å². The van der Waals surface area contributed by atoms with Gasteiger partial charge >= 0.3 is 12.3 Å². The molecule has 2 aromatic heterocycles. The molecule has 2 saturated carbocycles. The number of halogens is 3. The SMILES string of the molecule is Cc1cc(-c2cnc3c(OC(=O)NCCC(F)(F)F)cc(NC4CCCC4)nn23)ccc1C(=O)NC1CC1. The van der Waals surface area contributed by atoms with E-state index in [2.05, 4.69) is 26.0 Å². The van der Waals surface area contributed by atoms with Crippen LogP contribution in [0.3, 0.4) is 0 Å². The summed E-state index contributed by atoms with van der Waals surface area (Å²) < 4.78 is 44.3. The molecule has 2 heterocycles. The van der Waals surface area contributed by atoms with Crippen LogP contribution in [-0.2, 0) is 0 Å². The standard InChI is InChI=1S/C26H29F3N6O3/c1-15-12-16(6-9-19(15)24(36)33-18-7-8-18)20-14-31-23-21(38-25(37)30-11-10-26(27,28)29)13-22(34-35(20)23)32-17-4-2-3-5-17/h6,9,12-14,17-18H,2-5,7-8,10-11H2,1H3,(H,30,37)(H,32,34)(H,33,36). The molecule has 0 bridgehead atoms. The lowest BCUT2D eigenvalue weighted by atomic mass is 10.0. The number of amides is 2. The molecule has 2 fully saturated rings. The number of aryl methyl sites for hydroxylation is 1. The Morgan fingerprint density at radius 1 is 1.11 bits per heavy atom. The third-order valence-corrected chi connectivity index (χ3v) is 6.70. The van der Waals surface area contributed by atoms with Crippen LogP contribution in [0.15, 0.2) is 30.5 Å². The summed E-state index contributed by atoms with van der Waals surface area (Å²) in [6, 6.07) is 7.43. The lowest BCUT2D eigenvalue weighted by Crippen LogP contribution is -2.30. The van der Waals surface area contributed by atoms with Crippen LogP contribution in [-0.4, -0.2) is 51.4 Å². The smallest absolute Gasteiger partial charge is 0.406 e. The average molecular weight is 531 g/mol. The van der Waals surface area contributed by atoms with Gasteiger partial charge in [0.05, 0.1) is 18.3 Å². The average Bonchev–Trinajstić information content (AvgIpc) is 3.32. The fourth-order valence-electron chi connectivity index (χ4n) is 4.57. The summed E-state index contributed by atoms with van der Waals surface area (Å²) in [6.45, 7) is 1.26. The van der Waals surface area contributed by atoms with Crippen LogP contribution < -0.4 is 20.7 Å². The van der Waals surface area contributed by atoms with E-state index in [0.717, 1.165) is 49.7 Å². The molecule has 5 rings (SSSR count). The number of aromatic nitrogens is 3. The van der Waals surface area contributed by atoms with Gasteiger partial charge < -0.3 is 20.7 Å². The first kappa shape index (κ1) is 25.8. The number of carbonyl (C=O) groups is 2. The number of carbonyl (C=O) groups excluding carboxylic acids is 2. The largest absolute Gasteiger partial charge is 0.412 e. The first-order valence-electron chi connectivity index (χ1n) is 12.8. The highest BCUT2D eigenvalue weighted by atomic mass is 19.4. The summed E-state index contributed by atoms with van der Waals surface area (Å²) in [7, 11) is 0. The number of nitrogens with one attached hydrogen (secondary N) is 3. The molecule has 1 aromatic carbocycles. The molecule has 2 amide bonds. The lowest BCUT2D eigenvalue weighted by molar-refractivity contribution is -0.133.